The number of carbonyl (C=O) groups is 2. The van der Waals surface area contributed by atoms with Gasteiger partial charge >= 0.3 is 5.97 Å². The van der Waals surface area contributed by atoms with Gasteiger partial charge in [-0.3, -0.25) is 9.59 Å². The van der Waals surface area contributed by atoms with E-state index in [1.54, 1.807) is 0 Å². The Hall–Kier alpha value is -0.860. The average Bonchev–Trinajstić information content (AvgIpc) is 2.52. The first-order chi connectivity index (χ1) is 6.41. The van der Waals surface area contributed by atoms with Crippen LogP contribution in [0.4, 0.5) is 0 Å². The van der Waals surface area contributed by atoms with Crippen LogP contribution in [-0.2, 0) is 9.59 Å². The molecule has 0 heterocycles. The summed E-state index contributed by atoms with van der Waals surface area (Å²) in [6, 6.07) is 0. The van der Waals surface area contributed by atoms with Crippen LogP contribution in [-0.4, -0.2) is 16.9 Å². The van der Waals surface area contributed by atoms with Gasteiger partial charge in [-0.1, -0.05) is 13.8 Å². The van der Waals surface area contributed by atoms with E-state index in [1.807, 2.05) is 6.92 Å². The van der Waals surface area contributed by atoms with Crippen molar-refractivity contribution in [1.82, 2.24) is 0 Å². The number of carboxylic acids is 1. The molecule has 0 aromatic rings. The van der Waals surface area contributed by atoms with Crippen molar-refractivity contribution in [3.05, 3.63) is 0 Å². The predicted molar refractivity (Wildman–Crippen MR) is 48.6 cm³/mol. The minimum Gasteiger partial charge on any atom is -0.481 e. The zero-order chi connectivity index (χ0) is 10.3. The second-order valence-electron chi connectivity index (χ2n) is 5.68. The Morgan fingerprint density at radius 3 is 2.64 bits per heavy atom. The molecule has 4 aliphatic carbocycles. The van der Waals surface area contributed by atoms with Gasteiger partial charge in [0.05, 0.1) is 5.92 Å². The Labute approximate surface area is 82.5 Å². The smallest absolute Gasteiger partial charge is 0.307 e. The van der Waals surface area contributed by atoms with E-state index < -0.39 is 17.3 Å². The summed E-state index contributed by atoms with van der Waals surface area (Å²) >= 11 is 0. The molecular weight excluding hydrogens is 180 g/mol. The molecule has 4 saturated carbocycles. The monoisotopic (exact) mass is 194 g/mol. The standard InChI is InChI=1S/C11H14O3/c1-10-4-11(2)6(12)3-5(10)7(10)8(11)9(13)14/h5,7-8H,3-4H2,1-2H3,(H,13,14). The number of aliphatic carboxylic acids is 1. The molecule has 0 spiro atoms. The number of carbonyl (C=O) groups excluding carboxylic acids is 1. The molecule has 3 heteroatoms. The normalized spacial score (nSPS) is 58.7. The molecule has 14 heavy (non-hydrogen) atoms. The topological polar surface area (TPSA) is 54.4 Å². The van der Waals surface area contributed by atoms with Crippen LogP contribution in [0.3, 0.4) is 0 Å². The summed E-state index contributed by atoms with van der Waals surface area (Å²) in [6.07, 6.45) is 1.42. The van der Waals surface area contributed by atoms with Gasteiger partial charge in [0, 0.05) is 11.8 Å². The fourth-order valence-corrected chi connectivity index (χ4v) is 4.35. The molecule has 0 aromatic carbocycles. The first-order valence-corrected chi connectivity index (χ1v) is 5.17. The average molecular weight is 194 g/mol. The summed E-state index contributed by atoms with van der Waals surface area (Å²) in [4.78, 5) is 23.0. The van der Waals surface area contributed by atoms with Gasteiger partial charge in [0.1, 0.15) is 5.78 Å². The first-order valence-electron chi connectivity index (χ1n) is 5.17. The SMILES string of the molecule is CC12CC3(C)C(CC1=O)C3C2C(=O)O. The van der Waals surface area contributed by atoms with Gasteiger partial charge in [-0.2, -0.15) is 0 Å². The Morgan fingerprint density at radius 2 is 2.14 bits per heavy atom. The molecule has 0 aliphatic heterocycles. The Kier molecular flexibility index (Phi) is 1.15. The Balaban J connectivity index is 2.10. The summed E-state index contributed by atoms with van der Waals surface area (Å²) in [5.74, 6) is -0.336. The minimum atomic E-state index is -0.767. The third-order valence-corrected chi connectivity index (χ3v) is 5.03. The molecule has 5 unspecified atom stereocenters. The van der Waals surface area contributed by atoms with Crippen LogP contribution in [0.15, 0.2) is 0 Å². The van der Waals surface area contributed by atoms with Crippen molar-refractivity contribution >= 4 is 11.8 Å². The number of hydrogen-bond acceptors (Lipinski definition) is 2. The minimum absolute atomic E-state index is 0.172. The lowest BCUT2D eigenvalue weighted by molar-refractivity contribution is -0.154. The fourth-order valence-electron chi connectivity index (χ4n) is 4.35. The van der Waals surface area contributed by atoms with E-state index in [1.165, 1.54) is 0 Å². The molecule has 76 valence electrons. The highest BCUT2D eigenvalue weighted by Crippen LogP contribution is 2.80. The zero-order valence-electron chi connectivity index (χ0n) is 8.41. The lowest BCUT2D eigenvalue weighted by atomic mass is 9.64. The summed E-state index contributed by atoms with van der Waals surface area (Å²) in [5.41, 5.74) is -0.383. The number of rotatable bonds is 1. The third kappa shape index (κ3) is 0.615. The molecule has 4 fully saturated rings. The second kappa shape index (κ2) is 1.90. The molecule has 0 saturated heterocycles. The van der Waals surface area contributed by atoms with Gasteiger partial charge < -0.3 is 5.11 Å². The largest absolute Gasteiger partial charge is 0.481 e. The maximum atomic E-state index is 11.8. The lowest BCUT2D eigenvalue weighted by Gasteiger charge is -2.37. The molecular formula is C11H14O3. The van der Waals surface area contributed by atoms with E-state index in [0.29, 0.717) is 12.3 Å². The van der Waals surface area contributed by atoms with Gasteiger partial charge in [0.2, 0.25) is 0 Å². The highest BCUT2D eigenvalue weighted by atomic mass is 16.4. The third-order valence-electron chi connectivity index (χ3n) is 5.03. The van der Waals surface area contributed by atoms with Crippen LogP contribution < -0.4 is 0 Å². The van der Waals surface area contributed by atoms with Gasteiger partial charge in [-0.15, -0.1) is 0 Å². The lowest BCUT2D eigenvalue weighted by Crippen LogP contribution is -2.44. The van der Waals surface area contributed by atoms with Gasteiger partial charge in [-0.25, -0.2) is 0 Å². The fraction of sp³-hybridized carbons (Fsp3) is 0.818. The molecule has 3 nitrogen and oxygen atoms in total. The van der Waals surface area contributed by atoms with E-state index in [2.05, 4.69) is 6.92 Å². The molecule has 5 atom stereocenters. The van der Waals surface area contributed by atoms with Crippen molar-refractivity contribution in [3.8, 4) is 0 Å². The van der Waals surface area contributed by atoms with Crippen LogP contribution in [0.25, 0.3) is 0 Å². The number of ketones is 1. The van der Waals surface area contributed by atoms with E-state index >= 15 is 0 Å². The summed E-state index contributed by atoms with van der Waals surface area (Å²) < 4.78 is 0. The summed E-state index contributed by atoms with van der Waals surface area (Å²) in [5, 5.41) is 9.18. The molecule has 4 rings (SSSR count). The van der Waals surface area contributed by atoms with Crippen LogP contribution >= 0.6 is 0 Å². The molecule has 4 aliphatic rings. The maximum Gasteiger partial charge on any atom is 0.307 e. The van der Waals surface area contributed by atoms with Crippen LogP contribution in [0.2, 0.25) is 0 Å². The van der Waals surface area contributed by atoms with Crippen molar-refractivity contribution in [2.75, 3.05) is 0 Å². The van der Waals surface area contributed by atoms with E-state index in [-0.39, 0.29) is 17.1 Å². The van der Waals surface area contributed by atoms with Gasteiger partial charge in [-0.05, 0) is 23.7 Å². The van der Waals surface area contributed by atoms with Gasteiger partial charge in [0.15, 0.2) is 0 Å². The van der Waals surface area contributed by atoms with Crippen molar-refractivity contribution in [2.45, 2.75) is 26.7 Å². The van der Waals surface area contributed by atoms with E-state index in [4.69, 9.17) is 0 Å². The van der Waals surface area contributed by atoms with Crippen LogP contribution in [0, 0.1) is 28.6 Å². The number of Topliss-reactive ketones (excluding diaryl/α,β-unsaturated/α-hetero) is 1. The number of fused-ring (bicyclic) bond motifs is 1. The van der Waals surface area contributed by atoms with Gasteiger partial charge in [0.25, 0.3) is 0 Å². The second-order valence-corrected chi connectivity index (χ2v) is 5.68. The molecule has 0 radical (unpaired) electrons. The van der Waals surface area contributed by atoms with E-state index in [9.17, 15) is 14.7 Å². The predicted octanol–water partition coefficient (Wildman–Crippen LogP) is 1.32. The molecule has 4 bridgehead atoms. The van der Waals surface area contributed by atoms with Crippen molar-refractivity contribution in [1.29, 1.82) is 0 Å². The van der Waals surface area contributed by atoms with E-state index in [0.717, 1.165) is 6.42 Å². The van der Waals surface area contributed by atoms with Crippen LogP contribution in [0.1, 0.15) is 26.7 Å². The quantitative estimate of drug-likeness (QED) is 0.685. The number of hydrogen-bond donors (Lipinski definition) is 1. The van der Waals surface area contributed by atoms with Crippen LogP contribution in [0.5, 0.6) is 0 Å². The van der Waals surface area contributed by atoms with Crippen molar-refractivity contribution in [2.24, 2.45) is 28.6 Å². The highest BCUT2D eigenvalue weighted by molar-refractivity contribution is 5.94. The maximum absolute atomic E-state index is 11.8. The van der Waals surface area contributed by atoms with Crippen molar-refractivity contribution < 1.29 is 14.7 Å². The Bertz CT molecular complexity index is 362. The number of carboxylic acid groups (broad SMARTS) is 1. The molecule has 0 aromatic heterocycles. The van der Waals surface area contributed by atoms with Crippen molar-refractivity contribution in [3.63, 3.8) is 0 Å². The Morgan fingerprint density at radius 1 is 1.50 bits per heavy atom. The molecule has 0 amide bonds. The summed E-state index contributed by atoms with van der Waals surface area (Å²) in [6.45, 7) is 4.00. The highest BCUT2D eigenvalue weighted by Gasteiger charge is 2.80. The molecule has 1 N–H and O–H groups in total. The first kappa shape index (κ1) is 8.45. The summed E-state index contributed by atoms with van der Waals surface area (Å²) in [7, 11) is 0. The zero-order valence-corrected chi connectivity index (χ0v) is 8.41.